The second-order valence-electron chi connectivity index (χ2n) is 12.8. The summed E-state index contributed by atoms with van der Waals surface area (Å²) in [6.07, 6.45) is 0. The van der Waals surface area contributed by atoms with Gasteiger partial charge in [0.05, 0.1) is 17.1 Å². The highest BCUT2D eigenvalue weighted by Gasteiger charge is 2.27. The second kappa shape index (κ2) is 11.9. The fourth-order valence-electron chi connectivity index (χ4n) is 7.47. The van der Waals surface area contributed by atoms with Gasteiger partial charge in [-0.2, -0.15) is 0 Å². The summed E-state index contributed by atoms with van der Waals surface area (Å²) in [6.45, 7) is 0. The molecule has 0 unspecified atom stereocenters. The zero-order valence-electron chi connectivity index (χ0n) is 27.6. The molecule has 10 rings (SSSR count). The fourth-order valence-corrected chi connectivity index (χ4v) is 7.47. The van der Waals surface area contributed by atoms with E-state index in [0.29, 0.717) is 17.5 Å². The van der Waals surface area contributed by atoms with E-state index in [4.69, 9.17) is 15.0 Å². The molecule has 0 saturated heterocycles. The smallest absolute Gasteiger partial charge is 0.164 e. The van der Waals surface area contributed by atoms with Gasteiger partial charge in [0.2, 0.25) is 0 Å². The van der Waals surface area contributed by atoms with Crippen LogP contribution in [-0.4, -0.2) is 15.0 Å². The molecule has 0 spiro atoms. The molecule has 0 bridgehead atoms. The summed E-state index contributed by atoms with van der Waals surface area (Å²) in [5, 5.41) is 4.69. The number of benzene rings is 8. The van der Waals surface area contributed by atoms with Crippen molar-refractivity contribution in [2.45, 2.75) is 0 Å². The number of anilines is 3. The maximum absolute atomic E-state index is 5.16. The predicted molar refractivity (Wildman–Crippen MR) is 210 cm³/mol. The van der Waals surface area contributed by atoms with Crippen LogP contribution < -0.4 is 4.90 Å². The highest BCUT2D eigenvalue weighted by Crippen LogP contribution is 2.52. The first-order valence-corrected chi connectivity index (χ1v) is 17.2. The van der Waals surface area contributed by atoms with E-state index in [1.165, 1.54) is 33.2 Å². The first-order chi connectivity index (χ1) is 25.3. The largest absolute Gasteiger partial charge is 0.309 e. The molecule has 1 aliphatic rings. The third kappa shape index (κ3) is 4.88. The Morgan fingerprint density at radius 1 is 0.294 bits per heavy atom. The van der Waals surface area contributed by atoms with Crippen molar-refractivity contribution in [2.75, 3.05) is 4.90 Å². The lowest BCUT2D eigenvalue weighted by Gasteiger charge is -2.34. The fraction of sp³-hybridized carbons (Fsp3) is 0. The van der Waals surface area contributed by atoms with Crippen molar-refractivity contribution in [1.29, 1.82) is 0 Å². The Morgan fingerprint density at radius 2 is 0.824 bits per heavy atom. The first kappa shape index (κ1) is 29.0. The summed E-state index contributed by atoms with van der Waals surface area (Å²) in [5.41, 5.74) is 11.1. The van der Waals surface area contributed by atoms with Crippen molar-refractivity contribution in [3.8, 4) is 56.4 Å². The minimum absolute atomic E-state index is 0.639. The number of para-hydroxylation sites is 1. The van der Waals surface area contributed by atoms with E-state index >= 15 is 0 Å². The first-order valence-electron chi connectivity index (χ1n) is 17.2. The summed E-state index contributed by atoms with van der Waals surface area (Å²) in [5.74, 6) is 1.92. The van der Waals surface area contributed by atoms with Crippen LogP contribution in [0.1, 0.15) is 0 Å². The highest BCUT2D eigenvalue weighted by molar-refractivity contribution is 6.16. The molecule has 51 heavy (non-hydrogen) atoms. The van der Waals surface area contributed by atoms with E-state index in [2.05, 4.69) is 163 Å². The Morgan fingerprint density at radius 3 is 1.59 bits per heavy atom. The molecule has 8 aromatic carbocycles. The van der Waals surface area contributed by atoms with E-state index in [1.807, 2.05) is 24.3 Å². The van der Waals surface area contributed by atoms with Crippen LogP contribution in [-0.2, 0) is 0 Å². The topological polar surface area (TPSA) is 41.9 Å². The van der Waals surface area contributed by atoms with Crippen LogP contribution >= 0.6 is 0 Å². The molecule has 2 heterocycles. The minimum atomic E-state index is 0.639. The molecule has 0 fully saturated rings. The Labute approximate surface area is 296 Å². The summed E-state index contributed by atoms with van der Waals surface area (Å²) in [7, 11) is 0. The van der Waals surface area contributed by atoms with Crippen LogP contribution in [0.25, 0.3) is 78.0 Å². The highest BCUT2D eigenvalue weighted by atomic mass is 15.2. The third-order valence-electron chi connectivity index (χ3n) is 9.86. The van der Waals surface area contributed by atoms with Crippen molar-refractivity contribution < 1.29 is 0 Å². The third-order valence-corrected chi connectivity index (χ3v) is 9.86. The Kier molecular flexibility index (Phi) is 6.78. The SMILES string of the molecule is c1ccc(-c2ccc(-c3nc(-c4ccccc4)nc(-c4ccc(N5c6ccccc6-c6cccc7cccc5c67)c5ccccc45)n3)cc2)cc1. The van der Waals surface area contributed by atoms with Crippen molar-refractivity contribution in [3.05, 3.63) is 182 Å². The van der Waals surface area contributed by atoms with Gasteiger partial charge in [-0.3, -0.25) is 0 Å². The van der Waals surface area contributed by atoms with E-state index < -0.39 is 0 Å². The lowest BCUT2D eigenvalue weighted by atomic mass is 9.90. The predicted octanol–water partition coefficient (Wildman–Crippen LogP) is 12.3. The van der Waals surface area contributed by atoms with Crippen LogP contribution in [0.3, 0.4) is 0 Å². The molecule has 0 amide bonds. The maximum atomic E-state index is 5.16. The van der Waals surface area contributed by atoms with Crippen LogP contribution in [0.2, 0.25) is 0 Å². The summed E-state index contributed by atoms with van der Waals surface area (Å²) >= 11 is 0. The van der Waals surface area contributed by atoms with Gasteiger partial charge < -0.3 is 4.90 Å². The normalized spacial score (nSPS) is 11.9. The van der Waals surface area contributed by atoms with Crippen LogP contribution in [0.4, 0.5) is 17.1 Å². The molecule has 4 heteroatoms. The molecule has 238 valence electrons. The Bertz CT molecular complexity index is 2730. The Hall–Kier alpha value is -6.91. The number of aromatic nitrogens is 3. The standard InChI is InChI=1S/C47H30N4/c1-3-13-31(14-4-1)32-25-27-35(28-26-32)46-48-45(34-15-5-2-6-16-34)49-47(50-46)40-29-30-42(37-20-8-7-19-36(37)40)51-41-23-10-9-21-38(41)39-22-11-17-33-18-12-24-43(51)44(33)39/h1-30H. The summed E-state index contributed by atoms with van der Waals surface area (Å²) in [6, 6.07) is 63.9. The van der Waals surface area contributed by atoms with Gasteiger partial charge in [-0.05, 0) is 51.7 Å². The molecule has 0 radical (unpaired) electrons. The Balaban J connectivity index is 1.16. The minimum Gasteiger partial charge on any atom is -0.309 e. The van der Waals surface area contributed by atoms with E-state index in [1.54, 1.807) is 0 Å². The van der Waals surface area contributed by atoms with Crippen LogP contribution in [0.5, 0.6) is 0 Å². The number of nitrogens with zero attached hydrogens (tertiary/aromatic N) is 4. The molecule has 0 saturated carbocycles. The number of hydrogen-bond acceptors (Lipinski definition) is 4. The number of hydrogen-bond donors (Lipinski definition) is 0. The van der Waals surface area contributed by atoms with Crippen LogP contribution in [0, 0.1) is 0 Å². The van der Waals surface area contributed by atoms with Gasteiger partial charge in [-0.1, -0.05) is 158 Å². The van der Waals surface area contributed by atoms with Crippen molar-refractivity contribution in [1.82, 2.24) is 15.0 Å². The average molecular weight is 651 g/mol. The molecule has 1 aliphatic heterocycles. The van der Waals surface area contributed by atoms with E-state index in [0.717, 1.165) is 44.4 Å². The van der Waals surface area contributed by atoms with Gasteiger partial charge in [0.1, 0.15) is 0 Å². The quantitative estimate of drug-likeness (QED) is 0.186. The van der Waals surface area contributed by atoms with E-state index in [-0.39, 0.29) is 0 Å². The summed E-state index contributed by atoms with van der Waals surface area (Å²) in [4.78, 5) is 17.7. The van der Waals surface area contributed by atoms with Crippen molar-refractivity contribution in [3.63, 3.8) is 0 Å². The maximum Gasteiger partial charge on any atom is 0.164 e. The number of rotatable bonds is 5. The molecule has 0 atom stereocenters. The lowest BCUT2D eigenvalue weighted by molar-refractivity contribution is 1.08. The molecule has 0 aliphatic carbocycles. The van der Waals surface area contributed by atoms with Gasteiger partial charge in [0.15, 0.2) is 17.5 Å². The monoisotopic (exact) mass is 650 g/mol. The van der Waals surface area contributed by atoms with Gasteiger partial charge in [-0.15, -0.1) is 0 Å². The second-order valence-corrected chi connectivity index (χ2v) is 12.8. The van der Waals surface area contributed by atoms with E-state index in [9.17, 15) is 0 Å². The zero-order chi connectivity index (χ0) is 33.7. The molecule has 4 nitrogen and oxygen atoms in total. The van der Waals surface area contributed by atoms with Gasteiger partial charge >= 0.3 is 0 Å². The lowest BCUT2D eigenvalue weighted by Crippen LogP contribution is -2.15. The molecular formula is C47H30N4. The zero-order valence-corrected chi connectivity index (χ0v) is 27.6. The molecule has 9 aromatic rings. The average Bonchev–Trinajstić information content (AvgIpc) is 3.21. The van der Waals surface area contributed by atoms with Crippen LogP contribution in [0.15, 0.2) is 182 Å². The van der Waals surface area contributed by atoms with Gasteiger partial charge in [0, 0.05) is 33.0 Å². The molecule has 0 N–H and O–H groups in total. The summed E-state index contributed by atoms with van der Waals surface area (Å²) < 4.78 is 0. The van der Waals surface area contributed by atoms with Crippen molar-refractivity contribution in [2.24, 2.45) is 0 Å². The number of fused-ring (bicyclic) bond motifs is 3. The molecular weight excluding hydrogens is 621 g/mol. The van der Waals surface area contributed by atoms with Gasteiger partial charge in [-0.25, -0.2) is 15.0 Å². The molecule has 1 aromatic heterocycles. The van der Waals surface area contributed by atoms with Crippen molar-refractivity contribution >= 4 is 38.6 Å². The van der Waals surface area contributed by atoms with Gasteiger partial charge in [0.25, 0.3) is 0 Å².